The molecule has 1 atom stereocenters. The van der Waals surface area contributed by atoms with Crippen LogP contribution in [0.4, 0.5) is 10.1 Å². The Balaban J connectivity index is 1.79. The van der Waals surface area contributed by atoms with Crippen molar-refractivity contribution in [2.45, 2.75) is 46.5 Å². The van der Waals surface area contributed by atoms with Crippen LogP contribution in [0.15, 0.2) is 30.5 Å². The second kappa shape index (κ2) is 7.45. The highest BCUT2D eigenvalue weighted by atomic mass is 19.1. The summed E-state index contributed by atoms with van der Waals surface area (Å²) in [5, 5.41) is 3.63. The summed E-state index contributed by atoms with van der Waals surface area (Å²) in [6, 6.07) is 6.57. The number of anilines is 1. The van der Waals surface area contributed by atoms with E-state index in [1.54, 1.807) is 18.2 Å². The Morgan fingerprint density at radius 3 is 2.88 bits per heavy atom. The average Bonchev–Trinajstić information content (AvgIpc) is 3.38. The zero-order chi connectivity index (χ0) is 18.7. The second-order valence-electron chi connectivity index (χ2n) is 7.92. The van der Waals surface area contributed by atoms with E-state index in [0.29, 0.717) is 34.8 Å². The average molecular weight is 352 g/mol. The Bertz CT molecular complexity index is 877. The number of benzene rings is 1. The van der Waals surface area contributed by atoms with Gasteiger partial charge in [0.05, 0.1) is 17.3 Å². The van der Waals surface area contributed by atoms with Gasteiger partial charge in [0.15, 0.2) is 0 Å². The lowest BCUT2D eigenvalue weighted by Gasteiger charge is -2.28. The first-order valence-corrected chi connectivity index (χ1v) is 9.21. The topological polar surface area (TPSA) is 42.0 Å². The summed E-state index contributed by atoms with van der Waals surface area (Å²) in [6.45, 7) is 6.19. The molecule has 1 fully saturated rings. The maximum atomic E-state index is 13.8. The fourth-order valence-electron chi connectivity index (χ4n) is 3.24. The van der Waals surface area contributed by atoms with E-state index in [2.05, 4.69) is 36.0 Å². The normalized spacial score (nSPS) is 16.0. The number of carbonyl (C=O) groups excluding carboxylic acids is 1. The van der Waals surface area contributed by atoms with E-state index < -0.39 is 5.41 Å². The molecule has 0 spiro atoms. The number of carbonyl (C=O) groups is 1. The number of nitrogens with zero attached hydrogens (tertiary/aromatic N) is 1. The molecule has 1 aromatic carbocycles. The van der Waals surface area contributed by atoms with Crippen LogP contribution in [0.3, 0.4) is 0 Å². The Hall–Kier alpha value is -2.41. The largest absolute Gasteiger partial charge is 0.324 e. The van der Waals surface area contributed by atoms with Gasteiger partial charge in [-0.15, -0.1) is 5.92 Å². The van der Waals surface area contributed by atoms with Gasteiger partial charge >= 0.3 is 0 Å². The third-order valence-corrected chi connectivity index (χ3v) is 4.69. The third-order valence-electron chi connectivity index (χ3n) is 4.69. The van der Waals surface area contributed by atoms with Gasteiger partial charge in [-0.3, -0.25) is 9.78 Å². The second-order valence-corrected chi connectivity index (χ2v) is 7.92. The van der Waals surface area contributed by atoms with Crippen molar-refractivity contribution in [3.8, 4) is 11.8 Å². The van der Waals surface area contributed by atoms with Crippen LogP contribution in [0.2, 0.25) is 0 Å². The maximum Gasteiger partial charge on any atom is 0.231 e. The van der Waals surface area contributed by atoms with E-state index in [1.165, 1.54) is 25.1 Å². The summed E-state index contributed by atoms with van der Waals surface area (Å²) < 4.78 is 13.8. The lowest BCUT2D eigenvalue weighted by atomic mass is 9.78. The van der Waals surface area contributed by atoms with Crippen molar-refractivity contribution < 1.29 is 9.18 Å². The fourth-order valence-corrected chi connectivity index (χ4v) is 3.24. The Morgan fingerprint density at radius 1 is 1.42 bits per heavy atom. The number of nitrogens with one attached hydrogen (secondary N) is 1. The molecule has 1 N–H and O–H groups in total. The molecule has 26 heavy (non-hydrogen) atoms. The molecule has 0 aliphatic heterocycles. The van der Waals surface area contributed by atoms with Crippen LogP contribution in [0.25, 0.3) is 10.9 Å². The molecule has 3 nitrogen and oxygen atoms in total. The van der Waals surface area contributed by atoms with Gasteiger partial charge in [-0.05, 0) is 44.2 Å². The summed E-state index contributed by atoms with van der Waals surface area (Å²) in [6.07, 6.45) is 5.17. The quantitative estimate of drug-likeness (QED) is 0.755. The number of hydrogen-bond donors (Lipinski definition) is 1. The molecular weight excluding hydrogens is 327 g/mol. The smallest absolute Gasteiger partial charge is 0.231 e. The lowest BCUT2D eigenvalue weighted by Crippen LogP contribution is -2.34. The summed E-state index contributed by atoms with van der Waals surface area (Å²) in [5.74, 6) is 6.96. The van der Waals surface area contributed by atoms with Gasteiger partial charge in [-0.2, -0.15) is 0 Å². The highest BCUT2D eigenvalue weighted by molar-refractivity contribution is 5.96. The van der Waals surface area contributed by atoms with Crippen molar-refractivity contribution in [2.24, 2.45) is 17.3 Å². The maximum absolute atomic E-state index is 13.8. The first-order valence-electron chi connectivity index (χ1n) is 9.21. The fraction of sp³-hybridized carbons (Fsp3) is 0.455. The standard InChI is InChI=1S/C22H25FN2O/c1-15(2)13-22(3,11-5-6-16-9-10-16)21(26)25-18-12-17-7-4-8-19(23)20(17)24-14-18/h4,7-8,12,14-16H,9-11,13H2,1-3H3,(H,25,26). The van der Waals surface area contributed by atoms with Gasteiger partial charge in [0.25, 0.3) is 0 Å². The molecule has 1 aliphatic carbocycles. The predicted octanol–water partition coefficient (Wildman–Crippen LogP) is 5.17. The van der Waals surface area contributed by atoms with Crippen molar-refractivity contribution in [3.05, 3.63) is 36.3 Å². The molecule has 1 aromatic heterocycles. The number of aromatic nitrogens is 1. The molecule has 136 valence electrons. The van der Waals surface area contributed by atoms with E-state index >= 15 is 0 Å². The molecule has 1 aliphatic rings. The molecule has 0 bridgehead atoms. The number of pyridine rings is 1. The molecule has 1 amide bonds. The van der Waals surface area contributed by atoms with E-state index in [9.17, 15) is 9.18 Å². The van der Waals surface area contributed by atoms with Crippen molar-refractivity contribution in [1.29, 1.82) is 0 Å². The van der Waals surface area contributed by atoms with E-state index in [4.69, 9.17) is 0 Å². The monoisotopic (exact) mass is 352 g/mol. The zero-order valence-corrected chi connectivity index (χ0v) is 15.6. The van der Waals surface area contributed by atoms with Gasteiger partial charge in [0, 0.05) is 17.7 Å². The molecule has 3 rings (SSSR count). The Morgan fingerprint density at radius 2 is 2.19 bits per heavy atom. The summed E-state index contributed by atoms with van der Waals surface area (Å²) >= 11 is 0. The van der Waals surface area contributed by atoms with E-state index in [0.717, 1.165) is 6.42 Å². The minimum Gasteiger partial charge on any atom is -0.324 e. The Kier molecular flexibility index (Phi) is 5.27. The van der Waals surface area contributed by atoms with Crippen LogP contribution in [0.1, 0.15) is 46.5 Å². The minimum absolute atomic E-state index is 0.0612. The predicted molar refractivity (Wildman–Crippen MR) is 103 cm³/mol. The lowest BCUT2D eigenvalue weighted by molar-refractivity contribution is -0.125. The van der Waals surface area contributed by atoms with Crippen LogP contribution in [0.5, 0.6) is 0 Å². The van der Waals surface area contributed by atoms with Crippen molar-refractivity contribution in [1.82, 2.24) is 4.98 Å². The first-order chi connectivity index (χ1) is 12.4. The molecule has 2 aromatic rings. The SMILES string of the molecule is CC(C)CC(C)(CC#CC1CC1)C(=O)Nc1cnc2c(F)cccc2c1. The summed E-state index contributed by atoms with van der Waals surface area (Å²) in [7, 11) is 0. The van der Waals surface area contributed by atoms with Gasteiger partial charge < -0.3 is 5.32 Å². The van der Waals surface area contributed by atoms with E-state index in [-0.39, 0.29) is 11.7 Å². The molecule has 1 saturated carbocycles. The molecule has 0 radical (unpaired) electrons. The van der Waals surface area contributed by atoms with Gasteiger partial charge in [0.2, 0.25) is 5.91 Å². The van der Waals surface area contributed by atoms with Gasteiger partial charge in [0.1, 0.15) is 11.3 Å². The number of halogens is 1. The van der Waals surface area contributed by atoms with Crippen molar-refractivity contribution in [3.63, 3.8) is 0 Å². The number of para-hydroxylation sites is 1. The van der Waals surface area contributed by atoms with E-state index in [1.807, 2.05) is 6.92 Å². The van der Waals surface area contributed by atoms with Crippen LogP contribution in [-0.4, -0.2) is 10.9 Å². The van der Waals surface area contributed by atoms with Crippen LogP contribution in [-0.2, 0) is 4.79 Å². The van der Waals surface area contributed by atoms with Crippen LogP contribution < -0.4 is 5.32 Å². The third kappa shape index (κ3) is 4.40. The number of fused-ring (bicyclic) bond motifs is 1. The molecule has 1 heterocycles. The number of amides is 1. The minimum atomic E-state index is -0.563. The summed E-state index contributed by atoms with van der Waals surface area (Å²) in [5.41, 5.74) is 0.330. The molecule has 0 saturated heterocycles. The summed E-state index contributed by atoms with van der Waals surface area (Å²) in [4.78, 5) is 17.1. The highest BCUT2D eigenvalue weighted by Gasteiger charge is 2.33. The highest BCUT2D eigenvalue weighted by Crippen LogP contribution is 2.33. The number of rotatable bonds is 5. The van der Waals surface area contributed by atoms with Gasteiger partial charge in [-0.1, -0.05) is 31.9 Å². The molecular formula is C22H25FN2O. The van der Waals surface area contributed by atoms with Gasteiger partial charge in [-0.25, -0.2) is 4.39 Å². The Labute approximate surface area is 154 Å². The number of hydrogen-bond acceptors (Lipinski definition) is 2. The van der Waals surface area contributed by atoms with Crippen molar-refractivity contribution >= 4 is 22.5 Å². The first kappa shape index (κ1) is 18.4. The molecule has 4 heteroatoms. The van der Waals surface area contributed by atoms with Crippen LogP contribution in [0, 0.1) is 34.9 Å². The molecule has 1 unspecified atom stereocenters. The van der Waals surface area contributed by atoms with Crippen LogP contribution >= 0.6 is 0 Å². The van der Waals surface area contributed by atoms with Crippen molar-refractivity contribution in [2.75, 3.05) is 5.32 Å². The zero-order valence-electron chi connectivity index (χ0n) is 15.6.